The molecule has 0 radical (unpaired) electrons. The largest absolute Gasteiger partial charge is 0.339 e. The molecule has 6 heteroatoms. The van der Waals surface area contributed by atoms with Gasteiger partial charge in [0.15, 0.2) is 0 Å². The van der Waals surface area contributed by atoms with E-state index in [2.05, 4.69) is 5.10 Å². The number of amides is 2. The number of hydrogen-bond acceptors (Lipinski definition) is 3. The third kappa shape index (κ3) is 1.99. The van der Waals surface area contributed by atoms with Crippen molar-refractivity contribution in [2.24, 2.45) is 0 Å². The summed E-state index contributed by atoms with van der Waals surface area (Å²) in [5.41, 5.74) is 3.45. The normalized spacial score (nSPS) is 20.3. The van der Waals surface area contributed by atoms with Gasteiger partial charge in [-0.3, -0.25) is 9.59 Å². The van der Waals surface area contributed by atoms with E-state index in [1.807, 2.05) is 49.1 Å². The van der Waals surface area contributed by atoms with Gasteiger partial charge in [-0.05, 0) is 26.0 Å². The van der Waals surface area contributed by atoms with Crippen molar-refractivity contribution in [2.45, 2.75) is 32.9 Å². The molecule has 1 aromatic heterocycles. The summed E-state index contributed by atoms with van der Waals surface area (Å²) in [6.07, 6.45) is 0. The fraction of sp³-hybridized carbons (Fsp3) is 0.389. The molecule has 4 rings (SSSR count). The maximum Gasteiger partial charge on any atom is 0.273 e. The van der Waals surface area contributed by atoms with Crippen LogP contribution in [-0.4, -0.2) is 50.5 Å². The Labute approximate surface area is 140 Å². The van der Waals surface area contributed by atoms with Crippen LogP contribution >= 0.6 is 0 Å². The summed E-state index contributed by atoms with van der Waals surface area (Å²) in [6, 6.07) is 9.81. The number of carbonyl (C=O) groups excluding carboxylic acids is 2. The highest BCUT2D eigenvalue weighted by atomic mass is 16.2. The Bertz CT molecular complexity index is 821. The summed E-state index contributed by atoms with van der Waals surface area (Å²) >= 11 is 0. The molecular weight excluding hydrogens is 304 g/mol. The van der Waals surface area contributed by atoms with Crippen LogP contribution in [-0.2, 0) is 4.79 Å². The maximum atomic E-state index is 13.1. The van der Waals surface area contributed by atoms with Crippen molar-refractivity contribution in [3.63, 3.8) is 0 Å². The molecule has 1 saturated heterocycles. The maximum absolute atomic E-state index is 13.1. The molecule has 0 bridgehead atoms. The van der Waals surface area contributed by atoms with Crippen LogP contribution in [0, 0.1) is 6.92 Å². The predicted octanol–water partition coefficient (Wildman–Crippen LogP) is 1.93. The second kappa shape index (κ2) is 5.19. The number of likely N-dealkylation sites (tertiary alicyclic amines) is 1. The standard InChI is InChI=1S/C18H20N4O2/c1-11-16-12(2)21(15-9-20(10-15)13(3)23)18(24)17(16)22(19-11)14-7-5-4-6-8-14/h4-8,12,15H,9-10H2,1-3H3. The minimum absolute atomic E-state index is 0.00940. The number of fused-ring (bicyclic) bond motifs is 1. The first-order valence-corrected chi connectivity index (χ1v) is 8.22. The molecule has 0 N–H and O–H groups in total. The first kappa shape index (κ1) is 14.9. The molecule has 1 aromatic carbocycles. The van der Waals surface area contributed by atoms with Gasteiger partial charge in [-0.1, -0.05) is 18.2 Å². The highest BCUT2D eigenvalue weighted by Gasteiger charge is 2.46. The van der Waals surface area contributed by atoms with E-state index in [9.17, 15) is 9.59 Å². The molecule has 2 amide bonds. The molecule has 2 aliphatic heterocycles. The number of para-hydroxylation sites is 1. The molecule has 2 aromatic rings. The third-order valence-corrected chi connectivity index (χ3v) is 5.08. The van der Waals surface area contributed by atoms with E-state index < -0.39 is 0 Å². The lowest BCUT2D eigenvalue weighted by Gasteiger charge is -2.45. The first-order chi connectivity index (χ1) is 11.5. The second-order valence-electron chi connectivity index (χ2n) is 6.56. The lowest BCUT2D eigenvalue weighted by molar-refractivity contribution is -0.135. The second-order valence-corrected chi connectivity index (χ2v) is 6.56. The van der Waals surface area contributed by atoms with E-state index in [1.54, 1.807) is 16.5 Å². The molecule has 1 unspecified atom stereocenters. The average Bonchev–Trinajstić information content (AvgIpc) is 2.98. The molecule has 3 heterocycles. The topological polar surface area (TPSA) is 58.4 Å². The SMILES string of the molecule is CC(=O)N1CC(N2C(=O)c3c(c(C)nn3-c3ccccc3)C2C)C1. The predicted molar refractivity (Wildman–Crippen MR) is 88.9 cm³/mol. The van der Waals surface area contributed by atoms with Crippen molar-refractivity contribution in [2.75, 3.05) is 13.1 Å². The zero-order chi connectivity index (χ0) is 17.0. The van der Waals surface area contributed by atoms with Gasteiger partial charge in [-0.25, -0.2) is 4.68 Å². The summed E-state index contributed by atoms with van der Waals surface area (Å²) in [4.78, 5) is 28.2. The summed E-state index contributed by atoms with van der Waals surface area (Å²) in [5.74, 6) is 0.0739. The van der Waals surface area contributed by atoms with Gasteiger partial charge >= 0.3 is 0 Å². The summed E-state index contributed by atoms with van der Waals surface area (Å²) < 4.78 is 1.75. The minimum Gasteiger partial charge on any atom is -0.339 e. The van der Waals surface area contributed by atoms with Crippen LogP contribution < -0.4 is 0 Å². The number of aryl methyl sites for hydroxylation is 1. The molecular formula is C18H20N4O2. The van der Waals surface area contributed by atoms with E-state index in [0.717, 1.165) is 16.9 Å². The molecule has 124 valence electrons. The van der Waals surface area contributed by atoms with Crippen LogP contribution in [0.5, 0.6) is 0 Å². The van der Waals surface area contributed by atoms with Gasteiger partial charge in [0.25, 0.3) is 5.91 Å². The van der Waals surface area contributed by atoms with Crippen LogP contribution in [0.25, 0.3) is 5.69 Å². The minimum atomic E-state index is -0.0101. The van der Waals surface area contributed by atoms with Crippen LogP contribution in [0.4, 0.5) is 0 Å². The van der Waals surface area contributed by atoms with Crippen LogP contribution in [0.3, 0.4) is 0 Å². The summed E-state index contributed by atoms with van der Waals surface area (Å²) in [5, 5.41) is 4.59. The van der Waals surface area contributed by atoms with E-state index in [0.29, 0.717) is 18.8 Å². The van der Waals surface area contributed by atoms with Gasteiger partial charge in [0.05, 0.1) is 23.5 Å². The number of carbonyl (C=O) groups is 2. The van der Waals surface area contributed by atoms with Gasteiger partial charge in [0.2, 0.25) is 5.91 Å². The molecule has 1 fully saturated rings. The zero-order valence-corrected chi connectivity index (χ0v) is 14.1. The molecule has 24 heavy (non-hydrogen) atoms. The molecule has 2 aliphatic rings. The van der Waals surface area contributed by atoms with Crippen molar-refractivity contribution in [3.05, 3.63) is 47.3 Å². The highest BCUT2D eigenvalue weighted by molar-refractivity contribution is 5.99. The van der Waals surface area contributed by atoms with Gasteiger partial charge in [0.1, 0.15) is 5.69 Å². The third-order valence-electron chi connectivity index (χ3n) is 5.08. The van der Waals surface area contributed by atoms with Crippen molar-refractivity contribution in [1.82, 2.24) is 19.6 Å². The number of hydrogen-bond donors (Lipinski definition) is 0. The quantitative estimate of drug-likeness (QED) is 0.848. The smallest absolute Gasteiger partial charge is 0.273 e. The van der Waals surface area contributed by atoms with Crippen LogP contribution in [0.15, 0.2) is 30.3 Å². The number of rotatable bonds is 2. The first-order valence-electron chi connectivity index (χ1n) is 8.22. The van der Waals surface area contributed by atoms with Crippen LogP contribution in [0.2, 0.25) is 0 Å². The van der Waals surface area contributed by atoms with Crippen molar-refractivity contribution in [3.8, 4) is 5.69 Å². The molecule has 0 aliphatic carbocycles. The number of nitrogens with zero attached hydrogens (tertiary/aromatic N) is 4. The number of aromatic nitrogens is 2. The Hall–Kier alpha value is -2.63. The van der Waals surface area contributed by atoms with E-state index >= 15 is 0 Å². The van der Waals surface area contributed by atoms with E-state index in [4.69, 9.17) is 0 Å². The van der Waals surface area contributed by atoms with Crippen molar-refractivity contribution >= 4 is 11.8 Å². The Morgan fingerprint density at radius 2 is 1.88 bits per heavy atom. The van der Waals surface area contributed by atoms with Gasteiger partial charge < -0.3 is 9.80 Å². The number of benzene rings is 1. The molecule has 1 atom stereocenters. The molecule has 6 nitrogen and oxygen atoms in total. The Morgan fingerprint density at radius 3 is 2.50 bits per heavy atom. The van der Waals surface area contributed by atoms with Crippen molar-refractivity contribution in [1.29, 1.82) is 0 Å². The average molecular weight is 324 g/mol. The fourth-order valence-electron chi connectivity index (χ4n) is 3.81. The Kier molecular flexibility index (Phi) is 3.23. The monoisotopic (exact) mass is 324 g/mol. The zero-order valence-electron chi connectivity index (χ0n) is 14.1. The molecule has 0 saturated carbocycles. The Morgan fingerprint density at radius 1 is 1.21 bits per heavy atom. The summed E-state index contributed by atoms with van der Waals surface area (Å²) in [6.45, 7) is 6.80. The highest BCUT2D eigenvalue weighted by Crippen LogP contribution is 2.39. The van der Waals surface area contributed by atoms with Gasteiger partial charge in [0, 0.05) is 25.6 Å². The summed E-state index contributed by atoms with van der Waals surface area (Å²) in [7, 11) is 0. The van der Waals surface area contributed by atoms with E-state index in [-0.39, 0.29) is 23.9 Å². The lowest BCUT2D eigenvalue weighted by atomic mass is 10.0. The van der Waals surface area contributed by atoms with E-state index in [1.165, 1.54) is 0 Å². The fourth-order valence-corrected chi connectivity index (χ4v) is 3.81. The lowest BCUT2D eigenvalue weighted by Crippen LogP contribution is -2.61. The van der Waals surface area contributed by atoms with Crippen LogP contribution in [0.1, 0.15) is 41.6 Å². The van der Waals surface area contributed by atoms with Gasteiger partial charge in [-0.2, -0.15) is 5.10 Å². The van der Waals surface area contributed by atoms with Crippen molar-refractivity contribution < 1.29 is 9.59 Å². The molecule has 0 spiro atoms. The van der Waals surface area contributed by atoms with Gasteiger partial charge in [-0.15, -0.1) is 0 Å². The Balaban J connectivity index is 1.70.